The molecular weight excluding hydrogens is 635 g/mol. The van der Waals surface area contributed by atoms with E-state index < -0.39 is 69.3 Å². The summed E-state index contributed by atoms with van der Waals surface area (Å²) >= 11 is 0. The lowest BCUT2D eigenvalue weighted by Crippen LogP contribution is -2.25. The molecule has 244 valence electrons. The molecule has 2 nitrogen and oxygen atoms in total. The van der Waals surface area contributed by atoms with Crippen molar-refractivity contribution in [3.8, 4) is 39.1 Å². The van der Waals surface area contributed by atoms with Crippen LogP contribution in [-0.4, -0.2) is 11.7 Å². The lowest BCUT2D eigenvalue weighted by Gasteiger charge is -2.20. The number of aliphatic hydroxyl groups is 1. The minimum absolute atomic E-state index is 0.0380. The van der Waals surface area contributed by atoms with E-state index in [2.05, 4.69) is 4.74 Å². The maximum Gasteiger partial charge on any atom is 0.432 e. The van der Waals surface area contributed by atoms with Crippen LogP contribution in [0.3, 0.4) is 0 Å². The molecule has 0 radical (unpaired) electrons. The molecule has 1 aliphatic carbocycles. The predicted octanol–water partition coefficient (Wildman–Crippen LogP) is 10.5. The molecule has 0 amide bonds. The molecule has 5 aromatic carbocycles. The molecular formula is C36H25F9O2. The highest BCUT2D eigenvalue weighted by atomic mass is 19.3. The number of hydrogen-bond acceptors (Lipinski definition) is 2. The summed E-state index contributed by atoms with van der Waals surface area (Å²) < 4.78 is 134. The molecule has 0 unspecified atom stereocenters. The van der Waals surface area contributed by atoms with Gasteiger partial charge in [-0.15, -0.1) is 0 Å². The number of benzene rings is 5. The van der Waals surface area contributed by atoms with E-state index in [1.54, 1.807) is 24.3 Å². The Morgan fingerprint density at radius 3 is 1.49 bits per heavy atom. The van der Waals surface area contributed by atoms with Gasteiger partial charge in [-0.3, -0.25) is 0 Å². The highest BCUT2D eigenvalue weighted by Gasteiger charge is 2.41. The lowest BCUT2D eigenvalue weighted by atomic mass is 9.97. The van der Waals surface area contributed by atoms with Gasteiger partial charge in [0.25, 0.3) is 0 Å². The molecule has 1 fully saturated rings. The van der Waals surface area contributed by atoms with Crippen LogP contribution in [0.25, 0.3) is 33.4 Å². The van der Waals surface area contributed by atoms with E-state index in [0.29, 0.717) is 47.9 Å². The number of halogens is 9. The second-order valence-electron chi connectivity index (χ2n) is 10.8. The Bertz CT molecular complexity index is 1860. The summed E-state index contributed by atoms with van der Waals surface area (Å²) in [7, 11) is 0. The highest BCUT2D eigenvalue weighted by molar-refractivity contribution is 5.71. The van der Waals surface area contributed by atoms with Crippen LogP contribution < -0.4 is 4.74 Å². The number of aliphatic hydroxyl groups excluding tert-OH is 1. The van der Waals surface area contributed by atoms with E-state index in [4.69, 9.17) is 5.11 Å². The summed E-state index contributed by atoms with van der Waals surface area (Å²) in [5, 5.41) is 9.03. The Labute approximate surface area is 263 Å². The van der Waals surface area contributed by atoms with Gasteiger partial charge in [-0.25, -0.2) is 30.7 Å². The van der Waals surface area contributed by atoms with Crippen molar-refractivity contribution >= 4 is 0 Å². The summed E-state index contributed by atoms with van der Waals surface area (Å²) in [5.41, 5.74) is -1.49. The third-order valence-electron chi connectivity index (χ3n) is 7.14. The molecule has 6 rings (SSSR count). The minimum atomic E-state index is -4.68. The van der Waals surface area contributed by atoms with Crippen molar-refractivity contribution in [2.75, 3.05) is 6.61 Å². The Hall–Kier alpha value is -4.77. The lowest BCUT2D eigenvalue weighted by molar-refractivity contribution is -0.189. The molecule has 0 aromatic heterocycles. The number of rotatable bonds is 8. The SMILES string of the molecule is C1CC1.OCCc1ccc(-c2ccc(-c3cc(F)c(C(F)(F)Oc4ccc(-c5cc(F)c(F)c(F)c5)c(F)c4)c(F)c3)c(F)c2)cc1. The average Bonchev–Trinajstić information content (AvgIpc) is 3.90. The van der Waals surface area contributed by atoms with Crippen LogP contribution in [0, 0.1) is 40.7 Å². The van der Waals surface area contributed by atoms with Crippen LogP contribution in [0.15, 0.2) is 84.9 Å². The highest BCUT2D eigenvalue weighted by Crippen LogP contribution is 2.39. The van der Waals surface area contributed by atoms with Crippen LogP contribution in [0.1, 0.15) is 30.4 Å². The largest absolute Gasteiger partial charge is 0.432 e. The molecule has 0 saturated heterocycles. The van der Waals surface area contributed by atoms with Crippen molar-refractivity contribution in [3.63, 3.8) is 0 Å². The fourth-order valence-corrected chi connectivity index (χ4v) is 4.63. The number of alkyl halides is 2. The summed E-state index contributed by atoms with van der Waals surface area (Å²) in [6, 6.07) is 14.7. The first-order valence-electron chi connectivity index (χ1n) is 14.4. The molecule has 5 aromatic rings. The van der Waals surface area contributed by atoms with E-state index in [-0.39, 0.29) is 17.7 Å². The van der Waals surface area contributed by atoms with Gasteiger partial charge in [0.05, 0.1) is 0 Å². The second kappa shape index (κ2) is 13.9. The van der Waals surface area contributed by atoms with Gasteiger partial charge < -0.3 is 9.84 Å². The van der Waals surface area contributed by atoms with Gasteiger partial charge in [0, 0.05) is 23.8 Å². The van der Waals surface area contributed by atoms with Crippen LogP contribution in [0.5, 0.6) is 5.75 Å². The molecule has 1 aliphatic rings. The van der Waals surface area contributed by atoms with Crippen molar-refractivity contribution in [1.29, 1.82) is 0 Å². The van der Waals surface area contributed by atoms with E-state index >= 15 is 4.39 Å². The molecule has 0 bridgehead atoms. The molecule has 0 spiro atoms. The van der Waals surface area contributed by atoms with Crippen LogP contribution in [0.2, 0.25) is 0 Å². The zero-order valence-corrected chi connectivity index (χ0v) is 24.4. The average molecular weight is 661 g/mol. The number of hydrogen-bond donors (Lipinski definition) is 1. The fourth-order valence-electron chi connectivity index (χ4n) is 4.63. The Morgan fingerprint density at radius 2 is 1.00 bits per heavy atom. The van der Waals surface area contributed by atoms with E-state index in [1.807, 2.05) is 0 Å². The minimum Gasteiger partial charge on any atom is -0.429 e. The molecule has 0 atom stereocenters. The smallest absolute Gasteiger partial charge is 0.429 e. The van der Waals surface area contributed by atoms with E-state index in [0.717, 1.165) is 23.8 Å². The monoisotopic (exact) mass is 660 g/mol. The molecule has 47 heavy (non-hydrogen) atoms. The number of ether oxygens (including phenoxy) is 1. The van der Waals surface area contributed by atoms with Gasteiger partial charge >= 0.3 is 6.11 Å². The normalized spacial score (nSPS) is 12.4. The predicted molar refractivity (Wildman–Crippen MR) is 158 cm³/mol. The van der Waals surface area contributed by atoms with Crippen molar-refractivity contribution in [3.05, 3.63) is 137 Å². The Balaban J connectivity index is 0.00000137. The first kappa shape index (κ1) is 33.6. The third kappa shape index (κ3) is 7.79. The van der Waals surface area contributed by atoms with Gasteiger partial charge in [0.15, 0.2) is 17.5 Å². The Morgan fingerprint density at radius 1 is 0.532 bits per heavy atom. The molecule has 1 saturated carbocycles. The van der Waals surface area contributed by atoms with Gasteiger partial charge in [0.1, 0.15) is 34.6 Å². The van der Waals surface area contributed by atoms with Crippen LogP contribution in [-0.2, 0) is 12.5 Å². The van der Waals surface area contributed by atoms with Crippen molar-refractivity contribution in [2.45, 2.75) is 31.8 Å². The fraction of sp³-hybridized carbons (Fsp3) is 0.167. The third-order valence-corrected chi connectivity index (χ3v) is 7.14. The van der Waals surface area contributed by atoms with Gasteiger partial charge in [-0.05, 0) is 76.7 Å². The quantitative estimate of drug-likeness (QED) is 0.133. The molecule has 0 aliphatic heterocycles. The van der Waals surface area contributed by atoms with Crippen LogP contribution >= 0.6 is 0 Å². The van der Waals surface area contributed by atoms with Gasteiger partial charge in [-0.2, -0.15) is 8.78 Å². The summed E-state index contributed by atoms with van der Waals surface area (Å²) in [4.78, 5) is 0. The van der Waals surface area contributed by atoms with E-state index in [9.17, 15) is 35.1 Å². The summed E-state index contributed by atoms with van der Waals surface area (Å²) in [5.74, 6) is -11.6. The zero-order valence-electron chi connectivity index (χ0n) is 24.4. The van der Waals surface area contributed by atoms with Crippen molar-refractivity contribution in [2.24, 2.45) is 0 Å². The summed E-state index contributed by atoms with van der Waals surface area (Å²) in [6.45, 7) is -0.0380. The standard InChI is InChI=1S/C33H19F9O2.C3H6/c34-25-11-19(18-3-1-17(2-4-18)9-10-43)5-7-23(25)20-12-27(36)31(28(37)13-20)33(41,42)44-22-6-8-24(26(35)16-22)21-14-29(38)32(40)30(39)15-21;1-2-3-1/h1-8,11-16,43H,9-10H2;1-3H2. The van der Waals surface area contributed by atoms with Crippen molar-refractivity contribution < 1.29 is 49.4 Å². The maximum absolute atomic E-state index is 15.0. The second-order valence-corrected chi connectivity index (χ2v) is 10.8. The zero-order chi connectivity index (χ0) is 33.9. The first-order valence-corrected chi connectivity index (χ1v) is 14.4. The van der Waals surface area contributed by atoms with Crippen LogP contribution in [0.4, 0.5) is 39.5 Å². The van der Waals surface area contributed by atoms with E-state index in [1.165, 1.54) is 31.4 Å². The van der Waals surface area contributed by atoms with Crippen molar-refractivity contribution in [1.82, 2.24) is 0 Å². The maximum atomic E-state index is 15.0. The Kier molecular flexibility index (Phi) is 9.95. The molecule has 11 heteroatoms. The topological polar surface area (TPSA) is 29.5 Å². The summed E-state index contributed by atoms with van der Waals surface area (Å²) in [6.07, 6.45) is 0.259. The molecule has 1 N–H and O–H groups in total. The molecule has 0 heterocycles. The van der Waals surface area contributed by atoms with Gasteiger partial charge in [0.2, 0.25) is 0 Å². The first-order chi connectivity index (χ1) is 22.4. The van der Waals surface area contributed by atoms with Gasteiger partial charge in [-0.1, -0.05) is 55.7 Å².